The largest absolute Gasteiger partial charge is 0.461 e. The molecule has 0 radical (unpaired) electrons. The van der Waals surface area contributed by atoms with Crippen LogP contribution in [0.2, 0.25) is 5.02 Å². The predicted molar refractivity (Wildman–Crippen MR) is 192 cm³/mol. The van der Waals surface area contributed by atoms with Gasteiger partial charge in [-0.15, -0.1) is 0 Å². The molecule has 2 aromatic carbocycles. The molecule has 2 aromatic heterocycles. The van der Waals surface area contributed by atoms with E-state index in [1.165, 1.54) is 6.42 Å². The highest BCUT2D eigenvalue weighted by atomic mass is 35.5. The molecule has 0 bridgehead atoms. The number of fused-ring (bicyclic) bond motifs is 3. The fourth-order valence-electron chi connectivity index (χ4n) is 8.32. The van der Waals surface area contributed by atoms with Gasteiger partial charge in [0.1, 0.15) is 23.6 Å². The van der Waals surface area contributed by atoms with Gasteiger partial charge in [-0.05, 0) is 83.1 Å². The summed E-state index contributed by atoms with van der Waals surface area (Å²) in [5.74, 6) is 0.0169. The van der Waals surface area contributed by atoms with Crippen LogP contribution in [0, 0.1) is 5.82 Å². The van der Waals surface area contributed by atoms with Crippen molar-refractivity contribution < 1.29 is 13.9 Å². The monoisotopic (exact) mass is 683 g/mol. The maximum absolute atomic E-state index is 16.8. The first kappa shape index (κ1) is 32.4. The number of halogens is 2. The molecule has 0 spiro atoms. The van der Waals surface area contributed by atoms with Crippen molar-refractivity contribution in [2.24, 2.45) is 0 Å². The van der Waals surface area contributed by atoms with Crippen molar-refractivity contribution in [1.82, 2.24) is 29.7 Å². The fraction of sp³-hybridized carbons (Fsp3) is 0.474. The molecule has 4 fully saturated rings. The first-order chi connectivity index (χ1) is 23.8. The van der Waals surface area contributed by atoms with Crippen LogP contribution < -0.4 is 9.64 Å². The minimum atomic E-state index is -0.543. The molecule has 0 aliphatic carbocycles. The standard InChI is InChI=1S/C38H43ClFN7O2/c1-25(45-17-7-18-45)12-13-31(48)46-21-14-27(23-46)44(2)36-29-22-41-34(28-10-3-8-26-9-4-11-30(39)32(26)28)33(40)35(29)42-37(43-36)49-24-38-15-5-19-47(38)20-6-16-38/h3-4,8-13,22,25,27H,5-7,14-21,23-24H2,1-2H3/b13-12+. The average molecular weight is 684 g/mol. The number of aromatic nitrogens is 3. The third kappa shape index (κ3) is 5.91. The Labute approximate surface area is 291 Å². The topological polar surface area (TPSA) is 77.9 Å². The van der Waals surface area contributed by atoms with Gasteiger partial charge in [-0.3, -0.25) is 19.6 Å². The second kappa shape index (κ2) is 13.1. The molecule has 1 amide bonds. The number of benzene rings is 2. The second-order valence-corrected chi connectivity index (χ2v) is 14.6. The van der Waals surface area contributed by atoms with Crippen molar-refractivity contribution in [2.45, 2.75) is 63.1 Å². The number of hydrogen-bond acceptors (Lipinski definition) is 8. The van der Waals surface area contributed by atoms with Crippen LogP contribution in [-0.4, -0.2) is 106 Å². The summed E-state index contributed by atoms with van der Waals surface area (Å²) in [7, 11) is 1.95. The van der Waals surface area contributed by atoms with E-state index in [9.17, 15) is 4.79 Å². The van der Waals surface area contributed by atoms with Gasteiger partial charge in [-0.2, -0.15) is 9.97 Å². The minimum absolute atomic E-state index is 0.0149. The van der Waals surface area contributed by atoms with Gasteiger partial charge in [0.05, 0.1) is 10.9 Å². The van der Waals surface area contributed by atoms with Crippen LogP contribution in [0.15, 0.2) is 54.7 Å². The summed E-state index contributed by atoms with van der Waals surface area (Å²) in [4.78, 5) is 36.3. The highest BCUT2D eigenvalue weighted by molar-refractivity contribution is 6.36. The van der Waals surface area contributed by atoms with Gasteiger partial charge in [-0.25, -0.2) is 4.39 Å². The van der Waals surface area contributed by atoms with Crippen LogP contribution in [0.5, 0.6) is 6.01 Å². The Morgan fingerprint density at radius 2 is 1.88 bits per heavy atom. The van der Waals surface area contributed by atoms with Crippen molar-refractivity contribution in [3.05, 3.63) is 65.6 Å². The van der Waals surface area contributed by atoms with Gasteiger partial charge >= 0.3 is 6.01 Å². The van der Waals surface area contributed by atoms with Crippen LogP contribution in [0.3, 0.4) is 0 Å². The van der Waals surface area contributed by atoms with Crippen molar-refractivity contribution in [3.8, 4) is 17.3 Å². The lowest BCUT2D eigenvalue weighted by Gasteiger charge is -2.34. The maximum Gasteiger partial charge on any atom is 0.319 e. The highest BCUT2D eigenvalue weighted by Crippen LogP contribution is 2.40. The van der Waals surface area contributed by atoms with Crippen LogP contribution in [0.1, 0.15) is 45.4 Å². The molecule has 9 nitrogen and oxygen atoms in total. The molecule has 8 rings (SSSR count). The molecule has 4 aromatic rings. The molecular formula is C38H43ClFN7O2. The van der Waals surface area contributed by atoms with E-state index >= 15 is 4.39 Å². The summed E-state index contributed by atoms with van der Waals surface area (Å²) in [6, 6.07) is 11.7. The minimum Gasteiger partial charge on any atom is -0.461 e. The van der Waals surface area contributed by atoms with Gasteiger partial charge in [-0.1, -0.05) is 48.0 Å². The zero-order valence-electron chi connectivity index (χ0n) is 28.2. The zero-order chi connectivity index (χ0) is 33.7. The number of pyridine rings is 1. The summed E-state index contributed by atoms with van der Waals surface area (Å²) in [6.07, 6.45) is 11.8. The molecule has 4 aliphatic heterocycles. The van der Waals surface area contributed by atoms with Crippen LogP contribution in [0.25, 0.3) is 32.9 Å². The third-order valence-corrected chi connectivity index (χ3v) is 11.7. The average Bonchev–Trinajstić information content (AvgIpc) is 3.82. The van der Waals surface area contributed by atoms with Crippen molar-refractivity contribution in [2.75, 3.05) is 57.8 Å². The predicted octanol–water partition coefficient (Wildman–Crippen LogP) is 6.33. The summed E-state index contributed by atoms with van der Waals surface area (Å²) < 4.78 is 23.2. The summed E-state index contributed by atoms with van der Waals surface area (Å²) in [6.45, 7) is 8.11. The first-order valence-electron chi connectivity index (χ1n) is 17.7. The van der Waals surface area contributed by atoms with E-state index in [4.69, 9.17) is 26.3 Å². The zero-order valence-corrected chi connectivity index (χ0v) is 29.0. The Balaban J connectivity index is 1.13. The van der Waals surface area contributed by atoms with E-state index in [0.717, 1.165) is 69.1 Å². The number of carbonyl (C=O) groups is 1. The van der Waals surface area contributed by atoms with Gasteiger partial charge in [0.2, 0.25) is 5.91 Å². The molecule has 0 saturated carbocycles. The molecule has 0 N–H and O–H groups in total. The number of amides is 1. The molecule has 256 valence electrons. The Kier molecular flexibility index (Phi) is 8.66. The number of likely N-dealkylation sites (N-methyl/N-ethyl adjacent to an activating group) is 1. The number of anilines is 1. The van der Waals surface area contributed by atoms with E-state index in [-0.39, 0.29) is 40.8 Å². The van der Waals surface area contributed by atoms with Gasteiger partial charge in [0.25, 0.3) is 0 Å². The summed E-state index contributed by atoms with van der Waals surface area (Å²) in [5.41, 5.74) is 0.921. The lowest BCUT2D eigenvalue weighted by molar-refractivity contribution is -0.125. The number of rotatable bonds is 9. The summed E-state index contributed by atoms with van der Waals surface area (Å²) in [5, 5.41) is 2.67. The van der Waals surface area contributed by atoms with Crippen molar-refractivity contribution >= 4 is 45.0 Å². The molecule has 4 aliphatic rings. The second-order valence-electron chi connectivity index (χ2n) is 14.2. The van der Waals surface area contributed by atoms with E-state index < -0.39 is 5.82 Å². The number of likely N-dealkylation sites (tertiary alicyclic amines) is 2. The molecule has 2 unspecified atom stereocenters. The van der Waals surface area contributed by atoms with Crippen LogP contribution in [-0.2, 0) is 4.79 Å². The SMILES string of the molecule is CC(/C=C/C(=O)N1CCC(N(C)c2nc(OCC34CCCN3CCC4)nc3c(F)c(-c4cccc5cccc(Cl)c45)ncc23)C1)N1CCC1. The van der Waals surface area contributed by atoms with Gasteiger partial charge in [0.15, 0.2) is 5.82 Å². The molecule has 49 heavy (non-hydrogen) atoms. The molecule has 4 saturated heterocycles. The third-order valence-electron chi connectivity index (χ3n) is 11.4. The molecule has 2 atom stereocenters. The lowest BCUT2D eigenvalue weighted by Crippen LogP contribution is -2.43. The Morgan fingerprint density at radius 3 is 2.63 bits per heavy atom. The molecule has 11 heteroatoms. The van der Waals surface area contributed by atoms with E-state index in [2.05, 4.69) is 21.7 Å². The molecular weight excluding hydrogens is 641 g/mol. The Morgan fingerprint density at radius 1 is 1.10 bits per heavy atom. The summed E-state index contributed by atoms with van der Waals surface area (Å²) >= 11 is 6.65. The fourth-order valence-corrected chi connectivity index (χ4v) is 8.61. The van der Waals surface area contributed by atoms with E-state index in [1.807, 2.05) is 53.3 Å². The highest BCUT2D eigenvalue weighted by Gasteiger charge is 2.45. The normalized spacial score (nSPS) is 21.5. The van der Waals surface area contributed by atoms with E-state index in [1.54, 1.807) is 18.3 Å². The van der Waals surface area contributed by atoms with Gasteiger partial charge in [0, 0.05) is 60.5 Å². The maximum atomic E-state index is 16.8. The Hall–Kier alpha value is -3.86. The van der Waals surface area contributed by atoms with Crippen LogP contribution >= 0.6 is 11.6 Å². The number of hydrogen-bond donors (Lipinski definition) is 0. The Bertz CT molecular complexity index is 1920. The first-order valence-corrected chi connectivity index (χ1v) is 18.0. The lowest BCUT2D eigenvalue weighted by atomic mass is 9.95. The number of carbonyl (C=O) groups excluding carboxylic acids is 1. The van der Waals surface area contributed by atoms with E-state index in [0.29, 0.717) is 41.5 Å². The smallest absolute Gasteiger partial charge is 0.319 e. The van der Waals surface area contributed by atoms with Crippen molar-refractivity contribution in [1.29, 1.82) is 0 Å². The molecule has 6 heterocycles. The number of ether oxygens (including phenoxy) is 1. The quantitative estimate of drug-likeness (QED) is 0.190. The van der Waals surface area contributed by atoms with Gasteiger partial charge < -0.3 is 14.5 Å². The number of nitrogens with zero attached hydrogens (tertiary/aromatic N) is 7. The van der Waals surface area contributed by atoms with Crippen LogP contribution in [0.4, 0.5) is 10.2 Å². The van der Waals surface area contributed by atoms with Crippen molar-refractivity contribution in [3.63, 3.8) is 0 Å².